The molecule has 5 nitrogen and oxygen atoms in total. The van der Waals surface area contributed by atoms with E-state index in [9.17, 15) is 4.79 Å². The molecule has 0 aromatic carbocycles. The van der Waals surface area contributed by atoms with E-state index in [2.05, 4.69) is 16.9 Å². The molecule has 1 aromatic rings. The summed E-state index contributed by atoms with van der Waals surface area (Å²) in [5.74, 6) is 0. The Hall–Kier alpha value is -1.78. The van der Waals surface area contributed by atoms with Gasteiger partial charge in [0.15, 0.2) is 0 Å². The topological polar surface area (TPSA) is 56.2 Å². The van der Waals surface area contributed by atoms with Crippen molar-refractivity contribution in [2.45, 2.75) is 45.9 Å². The monoisotopic (exact) mass is 251 g/mol. The molecule has 5 heteroatoms. The Labute approximate surface area is 108 Å². The van der Waals surface area contributed by atoms with Crippen LogP contribution >= 0.6 is 0 Å². The molecule has 0 aliphatic carbocycles. The van der Waals surface area contributed by atoms with Crippen molar-refractivity contribution in [3.05, 3.63) is 30.9 Å². The summed E-state index contributed by atoms with van der Waals surface area (Å²) in [5.41, 5.74) is 0.422. The van der Waals surface area contributed by atoms with E-state index >= 15 is 0 Å². The fraction of sp³-hybridized carbons (Fsp3) is 0.538. The van der Waals surface area contributed by atoms with E-state index in [-0.39, 0.29) is 6.04 Å². The SMILES string of the molecule is C=CCn1cncc1C(C)NC(=O)OC(C)(C)C. The van der Waals surface area contributed by atoms with E-state index in [0.717, 1.165) is 5.69 Å². The van der Waals surface area contributed by atoms with Crippen LogP contribution in [0.4, 0.5) is 4.79 Å². The lowest BCUT2D eigenvalue weighted by Gasteiger charge is -2.22. The zero-order chi connectivity index (χ0) is 13.8. The van der Waals surface area contributed by atoms with E-state index in [1.807, 2.05) is 32.3 Å². The van der Waals surface area contributed by atoms with Gasteiger partial charge in [-0.2, -0.15) is 0 Å². The summed E-state index contributed by atoms with van der Waals surface area (Å²) in [6.45, 7) is 11.7. The highest BCUT2D eigenvalue weighted by molar-refractivity contribution is 5.68. The molecular formula is C13H21N3O2. The summed E-state index contributed by atoms with van der Waals surface area (Å²) in [7, 11) is 0. The number of nitrogens with zero attached hydrogens (tertiary/aromatic N) is 2. The molecule has 1 amide bonds. The first-order valence-electron chi connectivity index (χ1n) is 5.94. The first-order chi connectivity index (χ1) is 8.33. The van der Waals surface area contributed by atoms with Gasteiger partial charge in [0, 0.05) is 6.54 Å². The van der Waals surface area contributed by atoms with E-state index in [0.29, 0.717) is 6.54 Å². The summed E-state index contributed by atoms with van der Waals surface area (Å²) >= 11 is 0. The second-order valence-electron chi connectivity index (χ2n) is 5.13. The van der Waals surface area contributed by atoms with Crippen molar-refractivity contribution in [2.24, 2.45) is 0 Å². The average Bonchev–Trinajstić information content (AvgIpc) is 2.63. The van der Waals surface area contributed by atoms with Gasteiger partial charge in [-0.15, -0.1) is 6.58 Å². The molecule has 1 aromatic heterocycles. The van der Waals surface area contributed by atoms with Crippen LogP contribution in [0.5, 0.6) is 0 Å². The normalized spacial score (nSPS) is 12.9. The van der Waals surface area contributed by atoms with Crippen LogP contribution in [0.15, 0.2) is 25.2 Å². The highest BCUT2D eigenvalue weighted by atomic mass is 16.6. The smallest absolute Gasteiger partial charge is 0.408 e. The Morgan fingerprint density at radius 1 is 1.67 bits per heavy atom. The van der Waals surface area contributed by atoms with Crippen molar-refractivity contribution in [1.29, 1.82) is 0 Å². The van der Waals surface area contributed by atoms with Gasteiger partial charge in [0.2, 0.25) is 0 Å². The van der Waals surface area contributed by atoms with Crippen molar-refractivity contribution in [3.63, 3.8) is 0 Å². The second-order valence-corrected chi connectivity index (χ2v) is 5.13. The lowest BCUT2D eigenvalue weighted by molar-refractivity contribution is 0.0506. The number of rotatable bonds is 4. The minimum atomic E-state index is -0.495. The number of hydrogen-bond donors (Lipinski definition) is 1. The molecule has 1 unspecified atom stereocenters. The number of alkyl carbamates (subject to hydrolysis) is 1. The van der Waals surface area contributed by atoms with Crippen LogP contribution < -0.4 is 5.32 Å². The maximum atomic E-state index is 11.7. The minimum Gasteiger partial charge on any atom is -0.444 e. The van der Waals surface area contributed by atoms with Gasteiger partial charge in [-0.1, -0.05) is 6.08 Å². The van der Waals surface area contributed by atoms with Gasteiger partial charge < -0.3 is 14.6 Å². The van der Waals surface area contributed by atoms with Crippen molar-refractivity contribution >= 4 is 6.09 Å². The molecule has 0 saturated carbocycles. The van der Waals surface area contributed by atoms with Gasteiger partial charge in [-0.3, -0.25) is 0 Å². The van der Waals surface area contributed by atoms with Gasteiger partial charge in [0.05, 0.1) is 24.3 Å². The maximum Gasteiger partial charge on any atom is 0.408 e. The molecule has 1 heterocycles. The van der Waals surface area contributed by atoms with Crippen LogP contribution in [0.1, 0.15) is 39.4 Å². The number of aromatic nitrogens is 2. The van der Waals surface area contributed by atoms with E-state index in [4.69, 9.17) is 4.74 Å². The molecule has 18 heavy (non-hydrogen) atoms. The zero-order valence-electron chi connectivity index (χ0n) is 11.4. The van der Waals surface area contributed by atoms with Crippen LogP contribution in [-0.4, -0.2) is 21.2 Å². The largest absolute Gasteiger partial charge is 0.444 e. The first kappa shape index (κ1) is 14.3. The molecule has 1 atom stereocenters. The Morgan fingerprint density at radius 2 is 2.33 bits per heavy atom. The number of hydrogen-bond acceptors (Lipinski definition) is 3. The predicted molar refractivity (Wildman–Crippen MR) is 70.2 cm³/mol. The van der Waals surface area contributed by atoms with Gasteiger partial charge >= 0.3 is 6.09 Å². The third kappa shape index (κ3) is 4.24. The fourth-order valence-electron chi connectivity index (χ4n) is 1.54. The summed E-state index contributed by atoms with van der Waals surface area (Å²) < 4.78 is 7.13. The molecule has 0 aliphatic heterocycles. The first-order valence-corrected chi connectivity index (χ1v) is 5.94. The second kappa shape index (κ2) is 5.71. The molecule has 0 saturated heterocycles. The van der Waals surface area contributed by atoms with Crippen molar-refractivity contribution in [2.75, 3.05) is 0 Å². The predicted octanol–water partition coefficient (Wildman–Crippen LogP) is 2.65. The van der Waals surface area contributed by atoms with Crippen LogP contribution in [0, 0.1) is 0 Å². The Kier molecular flexibility index (Phi) is 4.53. The Balaban J connectivity index is 2.64. The van der Waals surface area contributed by atoms with Gasteiger partial charge in [0.25, 0.3) is 0 Å². The third-order valence-corrected chi connectivity index (χ3v) is 2.25. The standard InChI is InChI=1S/C13H21N3O2/c1-6-7-16-9-14-8-11(16)10(2)15-12(17)18-13(3,4)5/h6,8-10H,1,7H2,2-5H3,(H,15,17). The van der Waals surface area contributed by atoms with Gasteiger partial charge in [-0.05, 0) is 27.7 Å². The summed E-state index contributed by atoms with van der Waals surface area (Å²) in [5, 5.41) is 2.78. The molecule has 1 N–H and O–H groups in total. The van der Waals surface area contributed by atoms with E-state index < -0.39 is 11.7 Å². The highest BCUT2D eigenvalue weighted by Crippen LogP contribution is 2.13. The quantitative estimate of drug-likeness (QED) is 0.837. The molecule has 1 rings (SSSR count). The average molecular weight is 251 g/mol. The van der Waals surface area contributed by atoms with Crippen molar-refractivity contribution < 1.29 is 9.53 Å². The molecule has 0 radical (unpaired) electrons. The molecule has 100 valence electrons. The van der Waals surface area contributed by atoms with Crippen molar-refractivity contribution in [1.82, 2.24) is 14.9 Å². The van der Waals surface area contributed by atoms with Crippen LogP contribution in [0.2, 0.25) is 0 Å². The Morgan fingerprint density at radius 3 is 2.89 bits per heavy atom. The summed E-state index contributed by atoms with van der Waals surface area (Å²) in [6, 6.07) is -0.165. The molecule has 0 bridgehead atoms. The van der Waals surface area contributed by atoms with Gasteiger partial charge in [-0.25, -0.2) is 9.78 Å². The number of amides is 1. The van der Waals surface area contributed by atoms with Gasteiger partial charge in [0.1, 0.15) is 5.60 Å². The highest BCUT2D eigenvalue weighted by Gasteiger charge is 2.19. The number of allylic oxidation sites excluding steroid dienone is 1. The third-order valence-electron chi connectivity index (χ3n) is 2.25. The number of ether oxygens (including phenoxy) is 1. The lowest BCUT2D eigenvalue weighted by atomic mass is 10.2. The van der Waals surface area contributed by atoms with E-state index in [1.165, 1.54) is 0 Å². The maximum absolute atomic E-state index is 11.7. The zero-order valence-corrected chi connectivity index (χ0v) is 11.4. The molecule has 0 spiro atoms. The molecular weight excluding hydrogens is 230 g/mol. The number of nitrogens with one attached hydrogen (secondary N) is 1. The van der Waals surface area contributed by atoms with Crippen LogP contribution in [-0.2, 0) is 11.3 Å². The summed E-state index contributed by atoms with van der Waals surface area (Å²) in [6.07, 6.45) is 4.79. The number of imidazole rings is 1. The lowest BCUT2D eigenvalue weighted by Crippen LogP contribution is -2.34. The number of carbonyl (C=O) groups excluding carboxylic acids is 1. The summed E-state index contributed by atoms with van der Waals surface area (Å²) in [4.78, 5) is 15.7. The Bertz CT molecular complexity index is 418. The minimum absolute atomic E-state index is 0.165. The molecule has 0 fully saturated rings. The molecule has 0 aliphatic rings. The fourth-order valence-corrected chi connectivity index (χ4v) is 1.54. The van der Waals surface area contributed by atoms with Crippen LogP contribution in [0.25, 0.3) is 0 Å². The van der Waals surface area contributed by atoms with E-state index in [1.54, 1.807) is 18.6 Å². The van der Waals surface area contributed by atoms with Crippen molar-refractivity contribution in [3.8, 4) is 0 Å². The number of carbonyl (C=O) groups is 1. The van der Waals surface area contributed by atoms with Crippen LogP contribution in [0.3, 0.4) is 0 Å².